The van der Waals surface area contributed by atoms with E-state index >= 15 is 0 Å². The molecule has 1 N–H and O–H groups in total. The highest BCUT2D eigenvalue weighted by Gasteiger charge is 2.21. The van der Waals surface area contributed by atoms with Gasteiger partial charge in [-0.1, -0.05) is 58.7 Å². The fourth-order valence-corrected chi connectivity index (χ4v) is 2.86. The Morgan fingerprint density at radius 1 is 1.15 bits per heavy atom. The third-order valence-corrected chi connectivity index (χ3v) is 4.12. The molecule has 2 rings (SSSR count). The maximum Gasteiger partial charge on any atom is 0.253 e. The third kappa shape index (κ3) is 4.92. The molecule has 0 aromatic heterocycles. The van der Waals surface area contributed by atoms with Crippen LogP contribution in [0.25, 0.3) is 0 Å². The first kappa shape index (κ1) is 19.7. The average molecular weight is 354 g/mol. The van der Waals surface area contributed by atoms with E-state index in [4.69, 9.17) is 9.57 Å². The summed E-state index contributed by atoms with van der Waals surface area (Å²) >= 11 is 0. The molecule has 138 valence electrons. The van der Waals surface area contributed by atoms with Gasteiger partial charge < -0.3 is 14.9 Å². The first-order chi connectivity index (χ1) is 12.5. The van der Waals surface area contributed by atoms with E-state index in [9.17, 15) is 4.79 Å². The van der Waals surface area contributed by atoms with Crippen molar-refractivity contribution in [1.29, 1.82) is 0 Å². The molecule has 0 saturated carbocycles. The Balaban J connectivity index is 2.16. The number of hydrogen-bond donors (Lipinski definition) is 1. The molecule has 0 aliphatic rings. The summed E-state index contributed by atoms with van der Waals surface area (Å²) in [5.74, 6) is -0.199. The van der Waals surface area contributed by atoms with Crippen LogP contribution in [-0.4, -0.2) is 25.8 Å². The number of likely N-dealkylation sites (N-methyl/N-ethyl adjacent to an activating group) is 1. The second kappa shape index (κ2) is 9.15. The summed E-state index contributed by atoms with van der Waals surface area (Å²) in [4.78, 5) is 17.6. The molecular formula is C21H26N2O3. The fraction of sp³-hybridized carbons (Fsp3) is 0.333. The highest BCUT2D eigenvalue weighted by Crippen LogP contribution is 2.22. The van der Waals surface area contributed by atoms with E-state index in [1.165, 1.54) is 18.2 Å². The number of nitrogens with zero attached hydrogens (tertiary/aromatic N) is 1. The third-order valence-electron chi connectivity index (χ3n) is 4.12. The second-order valence-corrected chi connectivity index (χ2v) is 6.26. The second-order valence-electron chi connectivity index (χ2n) is 6.26. The molecule has 1 amide bonds. The number of hydrogen-bond acceptors (Lipinski definition) is 4. The standard InChI is InChI=1S/C21H26N2O3/c1-14-10-15(2)12-18(11-14)16(3)23-26-13-17-8-6-7-9-19(17)20(25-5)21(24)22-4/h6-12,20H,13H2,1-5H3,(H,22,24)/b23-16+. The van der Waals surface area contributed by atoms with Crippen LogP contribution in [0.4, 0.5) is 0 Å². The van der Waals surface area contributed by atoms with Crippen LogP contribution in [0.1, 0.15) is 40.8 Å². The van der Waals surface area contributed by atoms with Crippen molar-refractivity contribution >= 4 is 11.6 Å². The molecule has 1 atom stereocenters. The topological polar surface area (TPSA) is 59.9 Å². The normalized spacial score (nSPS) is 12.6. The summed E-state index contributed by atoms with van der Waals surface area (Å²) in [6, 6.07) is 13.8. The molecule has 26 heavy (non-hydrogen) atoms. The Morgan fingerprint density at radius 3 is 2.42 bits per heavy atom. The van der Waals surface area contributed by atoms with Gasteiger partial charge in [-0.15, -0.1) is 0 Å². The fourth-order valence-electron chi connectivity index (χ4n) is 2.86. The highest BCUT2D eigenvalue weighted by molar-refractivity contribution is 5.98. The molecule has 0 aliphatic heterocycles. The molecule has 0 fully saturated rings. The number of carbonyl (C=O) groups excluding carboxylic acids is 1. The summed E-state index contributed by atoms with van der Waals surface area (Å²) in [7, 11) is 3.10. The molecule has 0 radical (unpaired) electrons. The maximum atomic E-state index is 12.0. The Labute approximate surface area is 155 Å². The number of amides is 1. The van der Waals surface area contributed by atoms with Gasteiger partial charge in [-0.3, -0.25) is 4.79 Å². The average Bonchev–Trinajstić information content (AvgIpc) is 2.62. The van der Waals surface area contributed by atoms with Crippen molar-refractivity contribution < 1.29 is 14.4 Å². The van der Waals surface area contributed by atoms with E-state index in [1.54, 1.807) is 7.05 Å². The minimum absolute atomic E-state index is 0.199. The van der Waals surface area contributed by atoms with Crippen molar-refractivity contribution in [3.8, 4) is 0 Å². The van der Waals surface area contributed by atoms with Gasteiger partial charge in [0.05, 0.1) is 5.71 Å². The van der Waals surface area contributed by atoms with Crippen LogP contribution >= 0.6 is 0 Å². The quantitative estimate of drug-likeness (QED) is 0.609. The van der Waals surface area contributed by atoms with Crippen LogP contribution in [-0.2, 0) is 21.0 Å². The molecular weight excluding hydrogens is 328 g/mol. The summed E-state index contributed by atoms with van der Waals surface area (Å²) in [5, 5.41) is 6.85. The van der Waals surface area contributed by atoms with Gasteiger partial charge in [-0.25, -0.2) is 0 Å². The monoisotopic (exact) mass is 354 g/mol. The first-order valence-corrected chi connectivity index (χ1v) is 8.53. The molecule has 5 nitrogen and oxygen atoms in total. The number of ether oxygens (including phenoxy) is 1. The summed E-state index contributed by atoms with van der Waals surface area (Å²) in [6.45, 7) is 6.30. The molecule has 1 unspecified atom stereocenters. The summed E-state index contributed by atoms with van der Waals surface area (Å²) in [6.07, 6.45) is -0.677. The molecule has 0 saturated heterocycles. The molecule has 0 bridgehead atoms. The Morgan fingerprint density at radius 2 is 1.81 bits per heavy atom. The Bertz CT molecular complexity index is 779. The van der Waals surface area contributed by atoms with Crippen LogP contribution in [0.15, 0.2) is 47.6 Å². The van der Waals surface area contributed by atoms with E-state index in [-0.39, 0.29) is 12.5 Å². The van der Waals surface area contributed by atoms with Gasteiger partial charge in [0.1, 0.15) is 6.61 Å². The Kier molecular flexibility index (Phi) is 6.92. The summed E-state index contributed by atoms with van der Waals surface area (Å²) < 4.78 is 5.35. The highest BCUT2D eigenvalue weighted by atomic mass is 16.6. The van der Waals surface area contributed by atoms with Crippen molar-refractivity contribution in [3.05, 3.63) is 70.3 Å². The zero-order valence-electron chi connectivity index (χ0n) is 16.0. The number of oxime groups is 1. The minimum Gasteiger partial charge on any atom is -0.391 e. The number of rotatable bonds is 7. The van der Waals surface area contributed by atoms with Gasteiger partial charge >= 0.3 is 0 Å². The number of benzene rings is 2. The van der Waals surface area contributed by atoms with Gasteiger partial charge in [0.2, 0.25) is 0 Å². The van der Waals surface area contributed by atoms with Gasteiger partial charge in [-0.05, 0) is 37.5 Å². The van der Waals surface area contributed by atoms with Crippen molar-refractivity contribution in [3.63, 3.8) is 0 Å². The van der Waals surface area contributed by atoms with Crippen molar-refractivity contribution in [2.45, 2.75) is 33.5 Å². The molecule has 0 heterocycles. The smallest absolute Gasteiger partial charge is 0.253 e. The van der Waals surface area contributed by atoms with Gasteiger partial charge in [-0.2, -0.15) is 0 Å². The maximum absolute atomic E-state index is 12.0. The molecule has 2 aromatic carbocycles. The Hall–Kier alpha value is -2.66. The summed E-state index contributed by atoms with van der Waals surface area (Å²) in [5.41, 5.74) is 5.86. The predicted molar refractivity (Wildman–Crippen MR) is 103 cm³/mol. The minimum atomic E-state index is -0.677. The SMILES string of the molecule is CNC(=O)C(OC)c1ccccc1CO/N=C(\C)c1cc(C)cc(C)c1. The lowest BCUT2D eigenvalue weighted by Crippen LogP contribution is -2.27. The number of aryl methyl sites for hydroxylation is 2. The zero-order valence-corrected chi connectivity index (χ0v) is 16.0. The van der Waals surface area contributed by atoms with Crippen LogP contribution in [0, 0.1) is 13.8 Å². The van der Waals surface area contributed by atoms with Gasteiger partial charge in [0.15, 0.2) is 6.10 Å². The van der Waals surface area contributed by atoms with Crippen LogP contribution in [0.3, 0.4) is 0 Å². The van der Waals surface area contributed by atoms with Crippen molar-refractivity contribution in [1.82, 2.24) is 5.32 Å². The first-order valence-electron chi connectivity index (χ1n) is 8.53. The van der Waals surface area contributed by atoms with Crippen LogP contribution in [0.2, 0.25) is 0 Å². The molecule has 0 aliphatic carbocycles. The van der Waals surface area contributed by atoms with E-state index in [0.717, 1.165) is 22.4 Å². The number of carbonyl (C=O) groups is 1. The van der Waals surface area contributed by atoms with Crippen LogP contribution < -0.4 is 5.32 Å². The molecule has 2 aromatic rings. The number of methoxy groups -OCH3 is 1. The largest absolute Gasteiger partial charge is 0.391 e. The predicted octanol–water partition coefficient (Wildman–Crippen LogP) is 3.68. The zero-order chi connectivity index (χ0) is 19.1. The van der Waals surface area contributed by atoms with Gasteiger partial charge in [0, 0.05) is 14.2 Å². The van der Waals surface area contributed by atoms with E-state index in [1.807, 2.05) is 31.2 Å². The van der Waals surface area contributed by atoms with E-state index in [0.29, 0.717) is 0 Å². The van der Waals surface area contributed by atoms with E-state index in [2.05, 4.69) is 42.5 Å². The van der Waals surface area contributed by atoms with Crippen LogP contribution in [0.5, 0.6) is 0 Å². The van der Waals surface area contributed by atoms with Gasteiger partial charge in [0.25, 0.3) is 5.91 Å². The van der Waals surface area contributed by atoms with E-state index < -0.39 is 6.10 Å². The number of nitrogens with one attached hydrogen (secondary N) is 1. The lowest BCUT2D eigenvalue weighted by Gasteiger charge is -2.17. The van der Waals surface area contributed by atoms with Crippen molar-refractivity contribution in [2.24, 2.45) is 5.16 Å². The van der Waals surface area contributed by atoms with Crippen molar-refractivity contribution in [2.75, 3.05) is 14.2 Å². The lowest BCUT2D eigenvalue weighted by molar-refractivity contribution is -0.130. The molecule has 5 heteroatoms. The lowest BCUT2D eigenvalue weighted by atomic mass is 10.0. The molecule has 0 spiro atoms.